The quantitative estimate of drug-likeness (QED) is 0.787. The van der Waals surface area contributed by atoms with E-state index in [1.54, 1.807) is 6.92 Å². The Morgan fingerprint density at radius 1 is 1.26 bits per heavy atom. The van der Waals surface area contributed by atoms with Crippen LogP contribution >= 0.6 is 0 Å². The van der Waals surface area contributed by atoms with Gasteiger partial charge >= 0.3 is 18.2 Å². The molecular weight excluding hydrogens is 365 g/mol. The number of halogens is 3. The first-order valence-electron chi connectivity index (χ1n) is 8.69. The number of hydrogen-bond donors (Lipinski definition) is 1. The van der Waals surface area contributed by atoms with Gasteiger partial charge in [0.15, 0.2) is 0 Å². The van der Waals surface area contributed by atoms with Crippen molar-refractivity contribution in [2.45, 2.75) is 32.5 Å². The number of amides is 2. The number of carbonyl (C=O) groups is 2. The van der Waals surface area contributed by atoms with E-state index in [-0.39, 0.29) is 29.7 Å². The zero-order chi connectivity index (χ0) is 20.0. The molecule has 0 aromatic heterocycles. The molecular formula is C18H23F3N2O4. The second-order valence-electron chi connectivity index (χ2n) is 6.19. The SMILES string of the molecule is CCOC(=O)C1CCN(C(=O)NCc2ccc(OC)cc2C(F)(F)F)CC1. The molecule has 0 bridgehead atoms. The molecule has 1 aliphatic rings. The lowest BCUT2D eigenvalue weighted by Crippen LogP contribution is -2.45. The van der Waals surface area contributed by atoms with Crippen LogP contribution in [0.3, 0.4) is 0 Å². The summed E-state index contributed by atoms with van der Waals surface area (Å²) in [5.74, 6) is -0.420. The lowest BCUT2D eigenvalue weighted by atomic mass is 9.97. The smallest absolute Gasteiger partial charge is 0.416 e. The first kappa shape index (κ1) is 20.9. The molecule has 9 heteroatoms. The summed E-state index contributed by atoms with van der Waals surface area (Å²) in [5.41, 5.74) is -0.888. The molecule has 1 heterocycles. The fraction of sp³-hybridized carbons (Fsp3) is 0.556. The highest BCUT2D eigenvalue weighted by Gasteiger charge is 2.34. The number of carbonyl (C=O) groups excluding carboxylic acids is 2. The Bertz CT molecular complexity index is 671. The molecule has 0 aliphatic carbocycles. The average Bonchev–Trinajstić information content (AvgIpc) is 2.65. The first-order valence-corrected chi connectivity index (χ1v) is 8.69. The molecule has 2 amide bonds. The molecule has 1 fully saturated rings. The second kappa shape index (κ2) is 8.96. The van der Waals surface area contributed by atoms with E-state index < -0.39 is 17.8 Å². The van der Waals surface area contributed by atoms with Crippen LogP contribution in [0.4, 0.5) is 18.0 Å². The number of nitrogens with zero attached hydrogens (tertiary/aromatic N) is 1. The van der Waals surface area contributed by atoms with Crippen molar-refractivity contribution in [1.29, 1.82) is 0 Å². The number of methoxy groups -OCH3 is 1. The van der Waals surface area contributed by atoms with Gasteiger partial charge in [0.2, 0.25) is 0 Å². The van der Waals surface area contributed by atoms with Crippen molar-refractivity contribution in [3.63, 3.8) is 0 Å². The van der Waals surface area contributed by atoms with Gasteiger partial charge in [-0.2, -0.15) is 13.2 Å². The molecule has 0 spiro atoms. The molecule has 1 N–H and O–H groups in total. The fourth-order valence-electron chi connectivity index (χ4n) is 2.96. The van der Waals surface area contributed by atoms with Crippen LogP contribution in [0.15, 0.2) is 18.2 Å². The topological polar surface area (TPSA) is 67.9 Å². The predicted molar refractivity (Wildman–Crippen MR) is 91.2 cm³/mol. The van der Waals surface area contributed by atoms with Gasteiger partial charge in [-0.15, -0.1) is 0 Å². The number of hydrogen-bond acceptors (Lipinski definition) is 4. The van der Waals surface area contributed by atoms with Crippen LogP contribution in [0.1, 0.15) is 30.9 Å². The van der Waals surface area contributed by atoms with Gasteiger partial charge in [-0.25, -0.2) is 4.79 Å². The van der Waals surface area contributed by atoms with Crippen molar-refractivity contribution in [2.75, 3.05) is 26.8 Å². The summed E-state index contributed by atoms with van der Waals surface area (Å²) in [5, 5.41) is 2.52. The summed E-state index contributed by atoms with van der Waals surface area (Å²) in [4.78, 5) is 25.5. The van der Waals surface area contributed by atoms with Gasteiger partial charge < -0.3 is 19.7 Å². The van der Waals surface area contributed by atoms with Crippen molar-refractivity contribution in [3.05, 3.63) is 29.3 Å². The van der Waals surface area contributed by atoms with Gasteiger partial charge in [0.25, 0.3) is 0 Å². The number of rotatable bonds is 5. The summed E-state index contributed by atoms with van der Waals surface area (Å²) in [6.07, 6.45) is -3.60. The van der Waals surface area contributed by atoms with Crippen LogP contribution in [0, 0.1) is 5.92 Å². The number of nitrogens with one attached hydrogen (secondary N) is 1. The Kier molecular flexibility index (Phi) is 6.92. The van der Waals surface area contributed by atoms with Gasteiger partial charge in [0.1, 0.15) is 5.75 Å². The third-order valence-electron chi connectivity index (χ3n) is 4.45. The van der Waals surface area contributed by atoms with Crippen molar-refractivity contribution in [2.24, 2.45) is 5.92 Å². The van der Waals surface area contributed by atoms with Crippen LogP contribution in [-0.2, 0) is 22.3 Å². The van der Waals surface area contributed by atoms with Crippen molar-refractivity contribution in [1.82, 2.24) is 10.2 Å². The van der Waals surface area contributed by atoms with Crippen LogP contribution in [0.2, 0.25) is 0 Å². The number of likely N-dealkylation sites (tertiary alicyclic amines) is 1. The van der Waals surface area contributed by atoms with E-state index in [1.165, 1.54) is 24.1 Å². The Morgan fingerprint density at radius 2 is 1.93 bits per heavy atom. The second-order valence-corrected chi connectivity index (χ2v) is 6.19. The maximum Gasteiger partial charge on any atom is 0.416 e. The van der Waals surface area contributed by atoms with E-state index in [1.807, 2.05) is 0 Å². The highest BCUT2D eigenvalue weighted by atomic mass is 19.4. The van der Waals surface area contributed by atoms with Crippen LogP contribution in [0.5, 0.6) is 5.75 Å². The van der Waals surface area contributed by atoms with Crippen molar-refractivity contribution in [3.8, 4) is 5.75 Å². The van der Waals surface area contributed by atoms with Gasteiger partial charge in [0, 0.05) is 19.6 Å². The van der Waals surface area contributed by atoms with E-state index in [4.69, 9.17) is 9.47 Å². The van der Waals surface area contributed by atoms with E-state index >= 15 is 0 Å². The van der Waals surface area contributed by atoms with E-state index in [0.29, 0.717) is 32.5 Å². The highest BCUT2D eigenvalue weighted by Crippen LogP contribution is 2.34. The summed E-state index contributed by atoms with van der Waals surface area (Å²) >= 11 is 0. The lowest BCUT2D eigenvalue weighted by Gasteiger charge is -2.31. The number of benzene rings is 1. The fourth-order valence-corrected chi connectivity index (χ4v) is 2.96. The summed E-state index contributed by atoms with van der Waals surface area (Å²) in [6.45, 7) is 2.49. The van der Waals surface area contributed by atoms with Gasteiger partial charge in [0.05, 0.1) is 25.2 Å². The van der Waals surface area contributed by atoms with Crippen LogP contribution < -0.4 is 10.1 Å². The summed E-state index contributed by atoms with van der Waals surface area (Å²) in [6, 6.07) is 3.16. The maximum absolute atomic E-state index is 13.2. The molecule has 1 saturated heterocycles. The van der Waals surface area contributed by atoms with Gasteiger partial charge in [-0.3, -0.25) is 4.79 Å². The minimum Gasteiger partial charge on any atom is -0.497 e. The van der Waals surface area contributed by atoms with Gasteiger partial charge in [-0.1, -0.05) is 6.07 Å². The van der Waals surface area contributed by atoms with Crippen LogP contribution in [0.25, 0.3) is 0 Å². The molecule has 1 aliphatic heterocycles. The van der Waals surface area contributed by atoms with E-state index in [9.17, 15) is 22.8 Å². The first-order chi connectivity index (χ1) is 12.8. The molecule has 0 saturated carbocycles. The Balaban J connectivity index is 1.94. The van der Waals surface area contributed by atoms with E-state index in [0.717, 1.165) is 6.07 Å². The average molecular weight is 388 g/mol. The zero-order valence-electron chi connectivity index (χ0n) is 15.3. The largest absolute Gasteiger partial charge is 0.497 e. The maximum atomic E-state index is 13.2. The van der Waals surface area contributed by atoms with E-state index in [2.05, 4.69) is 5.32 Å². The molecule has 2 rings (SSSR count). The Hall–Kier alpha value is -2.45. The molecule has 1 aromatic rings. The third kappa shape index (κ3) is 5.51. The molecule has 0 radical (unpaired) electrons. The lowest BCUT2D eigenvalue weighted by molar-refractivity contribution is -0.149. The third-order valence-corrected chi connectivity index (χ3v) is 4.45. The number of piperidine rings is 1. The summed E-state index contributed by atoms with van der Waals surface area (Å²) < 4.78 is 49.4. The van der Waals surface area contributed by atoms with Crippen molar-refractivity contribution < 1.29 is 32.2 Å². The predicted octanol–water partition coefficient (Wildman–Crippen LogP) is 3.20. The molecule has 27 heavy (non-hydrogen) atoms. The minimum atomic E-state index is -4.55. The zero-order valence-corrected chi connectivity index (χ0v) is 15.3. The number of esters is 1. The summed E-state index contributed by atoms with van der Waals surface area (Å²) in [7, 11) is 1.29. The number of ether oxygens (including phenoxy) is 2. The highest BCUT2D eigenvalue weighted by molar-refractivity contribution is 5.76. The Labute approximate surface area is 155 Å². The monoisotopic (exact) mass is 388 g/mol. The van der Waals surface area contributed by atoms with Gasteiger partial charge in [-0.05, 0) is 37.5 Å². The van der Waals surface area contributed by atoms with Crippen LogP contribution in [-0.4, -0.2) is 43.7 Å². The minimum absolute atomic E-state index is 0.0435. The number of alkyl halides is 3. The molecule has 6 nitrogen and oxygen atoms in total. The molecule has 1 aromatic carbocycles. The molecule has 150 valence electrons. The molecule has 0 unspecified atom stereocenters. The molecule has 0 atom stereocenters. The standard InChI is InChI=1S/C18H23F3N2O4/c1-3-27-16(24)12-6-8-23(9-7-12)17(25)22-11-13-4-5-14(26-2)10-15(13)18(19,20)21/h4-5,10,12H,3,6-9,11H2,1-2H3,(H,22,25). The normalized spacial score (nSPS) is 15.4. The van der Waals surface area contributed by atoms with Crippen molar-refractivity contribution >= 4 is 12.0 Å². The number of urea groups is 1. The Morgan fingerprint density at radius 3 is 2.48 bits per heavy atom.